The van der Waals surface area contributed by atoms with Gasteiger partial charge in [0.25, 0.3) is 0 Å². The highest BCUT2D eigenvalue weighted by molar-refractivity contribution is 5.75. The summed E-state index contributed by atoms with van der Waals surface area (Å²) in [6, 6.07) is 9.57. The number of aromatic nitrogens is 2. The van der Waals surface area contributed by atoms with Gasteiger partial charge in [0, 0.05) is 12.1 Å². The van der Waals surface area contributed by atoms with Crippen LogP contribution in [0.5, 0.6) is 0 Å². The van der Waals surface area contributed by atoms with Crippen LogP contribution >= 0.6 is 0 Å². The summed E-state index contributed by atoms with van der Waals surface area (Å²) in [6.07, 6.45) is 1.00. The second-order valence-electron chi connectivity index (χ2n) is 4.20. The van der Waals surface area contributed by atoms with Crippen LogP contribution in [-0.2, 0) is 6.54 Å². The number of nitrogens with two attached hydrogens (primary N) is 1. The summed E-state index contributed by atoms with van der Waals surface area (Å²) < 4.78 is 1.99. The summed E-state index contributed by atoms with van der Waals surface area (Å²) in [7, 11) is 0. The Morgan fingerprint density at radius 3 is 2.78 bits per heavy atom. The van der Waals surface area contributed by atoms with Gasteiger partial charge in [0.05, 0.1) is 11.6 Å². The lowest BCUT2D eigenvalue weighted by Gasteiger charge is -2.06. The topological polar surface area (TPSA) is 67.6 Å². The highest BCUT2D eigenvalue weighted by Gasteiger charge is 2.15. The van der Waals surface area contributed by atoms with E-state index < -0.39 is 0 Å². The highest BCUT2D eigenvalue weighted by Crippen LogP contribution is 2.28. The summed E-state index contributed by atoms with van der Waals surface area (Å²) in [4.78, 5) is 4.49. The third kappa shape index (κ3) is 1.95. The number of anilines is 1. The van der Waals surface area contributed by atoms with Crippen molar-refractivity contribution in [3.63, 3.8) is 0 Å². The SMILES string of the molecule is CCCn1c(C)nc(-c2ccccc2C#N)c1N. The zero-order chi connectivity index (χ0) is 13.1. The molecule has 0 aliphatic heterocycles. The molecule has 4 nitrogen and oxygen atoms in total. The summed E-state index contributed by atoms with van der Waals surface area (Å²) in [5.41, 5.74) is 8.25. The van der Waals surface area contributed by atoms with Crippen molar-refractivity contribution in [3.8, 4) is 17.3 Å². The maximum Gasteiger partial charge on any atom is 0.131 e. The van der Waals surface area contributed by atoms with Crippen molar-refractivity contribution in [1.29, 1.82) is 5.26 Å². The molecule has 2 aromatic rings. The first-order valence-corrected chi connectivity index (χ1v) is 6.01. The zero-order valence-corrected chi connectivity index (χ0v) is 10.6. The Hall–Kier alpha value is -2.28. The molecule has 2 rings (SSSR count). The molecule has 1 heterocycles. The zero-order valence-electron chi connectivity index (χ0n) is 10.6. The van der Waals surface area contributed by atoms with Gasteiger partial charge in [0.1, 0.15) is 17.3 Å². The standard InChI is InChI=1S/C14H16N4/c1-3-8-18-10(2)17-13(14(18)16)12-7-5-4-6-11(12)9-15/h4-7H,3,8,16H2,1-2H3. The average Bonchev–Trinajstić information content (AvgIpc) is 2.67. The number of imidazole rings is 1. The van der Waals surface area contributed by atoms with Crippen LogP contribution in [0.4, 0.5) is 5.82 Å². The quantitative estimate of drug-likeness (QED) is 0.896. The van der Waals surface area contributed by atoms with E-state index >= 15 is 0 Å². The van der Waals surface area contributed by atoms with Crippen LogP contribution in [0.25, 0.3) is 11.3 Å². The van der Waals surface area contributed by atoms with Crippen LogP contribution in [0.2, 0.25) is 0 Å². The van der Waals surface area contributed by atoms with Gasteiger partial charge in [-0.25, -0.2) is 4.98 Å². The molecular formula is C14H16N4. The van der Waals surface area contributed by atoms with Gasteiger partial charge in [-0.15, -0.1) is 0 Å². The summed E-state index contributed by atoms with van der Waals surface area (Å²) in [5.74, 6) is 1.52. The molecule has 0 fully saturated rings. The second kappa shape index (κ2) is 4.92. The number of nitrogen functional groups attached to an aromatic ring is 1. The van der Waals surface area contributed by atoms with E-state index in [2.05, 4.69) is 18.0 Å². The van der Waals surface area contributed by atoms with Gasteiger partial charge in [-0.3, -0.25) is 0 Å². The molecular weight excluding hydrogens is 224 g/mol. The number of hydrogen-bond donors (Lipinski definition) is 1. The lowest BCUT2D eigenvalue weighted by molar-refractivity contribution is 0.665. The molecule has 4 heteroatoms. The number of hydrogen-bond acceptors (Lipinski definition) is 3. The van der Waals surface area contributed by atoms with Crippen LogP contribution in [0.15, 0.2) is 24.3 Å². The number of nitriles is 1. The van der Waals surface area contributed by atoms with Crippen LogP contribution in [-0.4, -0.2) is 9.55 Å². The van der Waals surface area contributed by atoms with E-state index in [1.807, 2.05) is 29.7 Å². The molecule has 0 bridgehead atoms. The smallest absolute Gasteiger partial charge is 0.131 e. The van der Waals surface area contributed by atoms with Crippen molar-refractivity contribution in [1.82, 2.24) is 9.55 Å². The van der Waals surface area contributed by atoms with E-state index in [1.54, 1.807) is 6.07 Å². The van der Waals surface area contributed by atoms with Crippen LogP contribution in [0, 0.1) is 18.3 Å². The lowest BCUT2D eigenvalue weighted by Crippen LogP contribution is -2.04. The third-order valence-corrected chi connectivity index (χ3v) is 2.95. The van der Waals surface area contributed by atoms with Gasteiger partial charge < -0.3 is 10.3 Å². The number of rotatable bonds is 3. The first kappa shape index (κ1) is 12.2. The molecule has 0 spiro atoms. The van der Waals surface area contributed by atoms with Gasteiger partial charge >= 0.3 is 0 Å². The molecule has 0 atom stereocenters. The van der Waals surface area contributed by atoms with E-state index in [9.17, 15) is 0 Å². The third-order valence-electron chi connectivity index (χ3n) is 2.95. The van der Waals surface area contributed by atoms with E-state index in [-0.39, 0.29) is 0 Å². The Morgan fingerprint density at radius 1 is 1.39 bits per heavy atom. The number of benzene rings is 1. The molecule has 0 aliphatic carbocycles. The Labute approximate surface area is 107 Å². The maximum absolute atomic E-state index is 9.12. The van der Waals surface area contributed by atoms with Crippen molar-refractivity contribution >= 4 is 5.82 Å². The molecule has 0 saturated heterocycles. The normalized spacial score (nSPS) is 10.3. The Kier molecular flexibility index (Phi) is 3.33. The molecule has 92 valence electrons. The second-order valence-corrected chi connectivity index (χ2v) is 4.20. The monoisotopic (exact) mass is 240 g/mol. The molecule has 1 aromatic carbocycles. The number of aryl methyl sites for hydroxylation is 1. The molecule has 0 radical (unpaired) electrons. The van der Waals surface area contributed by atoms with Crippen molar-refractivity contribution in [2.75, 3.05) is 5.73 Å². The fraction of sp³-hybridized carbons (Fsp3) is 0.286. The van der Waals surface area contributed by atoms with Crippen LogP contribution < -0.4 is 5.73 Å². The maximum atomic E-state index is 9.12. The Balaban J connectivity index is 2.59. The Bertz CT molecular complexity index is 605. The van der Waals surface area contributed by atoms with Gasteiger partial charge in [-0.05, 0) is 19.4 Å². The van der Waals surface area contributed by atoms with Crippen molar-refractivity contribution in [3.05, 3.63) is 35.7 Å². The predicted molar refractivity (Wildman–Crippen MR) is 71.8 cm³/mol. The minimum atomic E-state index is 0.602. The molecule has 0 aliphatic rings. The van der Waals surface area contributed by atoms with Gasteiger partial charge in [-0.1, -0.05) is 25.1 Å². The van der Waals surface area contributed by atoms with Crippen LogP contribution in [0.3, 0.4) is 0 Å². The Morgan fingerprint density at radius 2 is 2.11 bits per heavy atom. The summed E-state index contributed by atoms with van der Waals surface area (Å²) in [6.45, 7) is 4.88. The average molecular weight is 240 g/mol. The van der Waals surface area contributed by atoms with Gasteiger partial charge in [-0.2, -0.15) is 5.26 Å². The lowest BCUT2D eigenvalue weighted by atomic mass is 10.1. The first-order valence-electron chi connectivity index (χ1n) is 6.01. The minimum Gasteiger partial charge on any atom is -0.383 e. The molecule has 2 N–H and O–H groups in total. The van der Waals surface area contributed by atoms with Crippen molar-refractivity contribution in [2.45, 2.75) is 26.8 Å². The molecule has 0 unspecified atom stereocenters. The van der Waals surface area contributed by atoms with E-state index in [0.29, 0.717) is 17.1 Å². The van der Waals surface area contributed by atoms with Crippen molar-refractivity contribution < 1.29 is 0 Å². The largest absolute Gasteiger partial charge is 0.383 e. The minimum absolute atomic E-state index is 0.602. The molecule has 0 amide bonds. The van der Waals surface area contributed by atoms with E-state index in [0.717, 1.165) is 24.4 Å². The molecule has 1 aromatic heterocycles. The summed E-state index contributed by atoms with van der Waals surface area (Å²) >= 11 is 0. The number of nitrogens with zero attached hydrogens (tertiary/aromatic N) is 3. The van der Waals surface area contributed by atoms with Gasteiger partial charge in [0.2, 0.25) is 0 Å². The molecule has 18 heavy (non-hydrogen) atoms. The van der Waals surface area contributed by atoms with Gasteiger partial charge in [0.15, 0.2) is 0 Å². The fourth-order valence-electron chi connectivity index (χ4n) is 2.07. The van der Waals surface area contributed by atoms with Crippen LogP contribution in [0.1, 0.15) is 24.7 Å². The predicted octanol–water partition coefficient (Wildman–Crippen LogP) is 2.72. The molecule has 0 saturated carbocycles. The highest BCUT2D eigenvalue weighted by atomic mass is 15.1. The first-order chi connectivity index (χ1) is 8.69. The van der Waals surface area contributed by atoms with E-state index in [4.69, 9.17) is 11.0 Å². The van der Waals surface area contributed by atoms with Crippen molar-refractivity contribution in [2.24, 2.45) is 0 Å². The van der Waals surface area contributed by atoms with E-state index in [1.165, 1.54) is 0 Å². The summed E-state index contributed by atoms with van der Waals surface area (Å²) in [5, 5.41) is 9.12. The fourth-order valence-corrected chi connectivity index (χ4v) is 2.07.